The monoisotopic (exact) mass is 230 g/mol. The molecule has 0 saturated heterocycles. The summed E-state index contributed by atoms with van der Waals surface area (Å²) in [4.78, 5) is 0. The summed E-state index contributed by atoms with van der Waals surface area (Å²) in [5.74, 6) is 0. The Morgan fingerprint density at radius 2 is 1.88 bits per heavy atom. The van der Waals surface area contributed by atoms with Gasteiger partial charge in [0.2, 0.25) is 0 Å². The van der Waals surface area contributed by atoms with Crippen molar-refractivity contribution < 1.29 is 0 Å². The van der Waals surface area contributed by atoms with Crippen molar-refractivity contribution in [3.63, 3.8) is 0 Å². The van der Waals surface area contributed by atoms with E-state index in [1.54, 1.807) is 0 Å². The Bertz CT molecular complexity index is 585. The summed E-state index contributed by atoms with van der Waals surface area (Å²) < 4.78 is 0.717. The molecule has 0 amide bonds. The summed E-state index contributed by atoms with van der Waals surface area (Å²) in [5.41, 5.74) is 5.59. The van der Waals surface area contributed by atoms with Gasteiger partial charge in [-0.1, -0.05) is 36.0 Å². The van der Waals surface area contributed by atoms with E-state index in [1.165, 1.54) is 5.56 Å². The smallest absolute Gasteiger partial charge is 0.122 e. The number of aromatic amines is 1. The molecule has 0 aliphatic heterocycles. The highest BCUT2D eigenvalue weighted by atomic mass is 32.1. The van der Waals surface area contributed by atoms with E-state index >= 15 is 0 Å². The molecule has 0 aliphatic rings. The Hall–Kier alpha value is -1.48. The standard InChI is InChI=1S/C13H14N2S/c1-8-5-4-6-11(7-8)12-9(2)10(3)13(16)15-14-12/h4-7H,1-3H3,(H,15,16). The number of hydrogen-bond acceptors (Lipinski definition) is 2. The van der Waals surface area contributed by atoms with E-state index in [2.05, 4.69) is 42.2 Å². The highest BCUT2D eigenvalue weighted by Gasteiger charge is 2.06. The molecule has 2 aromatic rings. The van der Waals surface area contributed by atoms with Gasteiger partial charge < -0.3 is 0 Å². The highest BCUT2D eigenvalue weighted by molar-refractivity contribution is 7.71. The molecular weight excluding hydrogens is 216 g/mol. The first-order valence-electron chi connectivity index (χ1n) is 5.22. The predicted molar refractivity (Wildman–Crippen MR) is 69.1 cm³/mol. The van der Waals surface area contributed by atoms with Gasteiger partial charge in [0.25, 0.3) is 0 Å². The lowest BCUT2D eigenvalue weighted by Crippen LogP contribution is -1.96. The molecule has 1 aromatic heterocycles. The Balaban J connectivity index is 2.66. The summed E-state index contributed by atoms with van der Waals surface area (Å²) >= 11 is 5.16. The molecule has 0 fully saturated rings. The second kappa shape index (κ2) is 4.18. The van der Waals surface area contributed by atoms with E-state index in [9.17, 15) is 0 Å². The fourth-order valence-electron chi connectivity index (χ4n) is 1.70. The molecule has 2 rings (SSSR count). The second-order valence-electron chi connectivity index (χ2n) is 4.02. The number of nitrogens with zero attached hydrogens (tertiary/aromatic N) is 1. The van der Waals surface area contributed by atoms with E-state index in [0.29, 0.717) is 4.64 Å². The summed E-state index contributed by atoms with van der Waals surface area (Å²) in [5, 5.41) is 7.21. The molecule has 0 bridgehead atoms. The van der Waals surface area contributed by atoms with Crippen molar-refractivity contribution in [3.05, 3.63) is 45.6 Å². The normalized spacial score (nSPS) is 10.4. The van der Waals surface area contributed by atoms with Gasteiger partial charge in [-0.15, -0.1) is 0 Å². The number of benzene rings is 1. The largest absolute Gasteiger partial charge is 0.267 e. The molecule has 0 atom stereocenters. The number of rotatable bonds is 1. The molecule has 1 heterocycles. The zero-order valence-corrected chi connectivity index (χ0v) is 10.5. The molecule has 1 aromatic carbocycles. The summed E-state index contributed by atoms with van der Waals surface area (Å²) in [6.07, 6.45) is 0. The summed E-state index contributed by atoms with van der Waals surface area (Å²) in [6, 6.07) is 8.32. The Morgan fingerprint density at radius 3 is 2.56 bits per heavy atom. The maximum absolute atomic E-state index is 5.16. The van der Waals surface area contributed by atoms with Crippen LogP contribution in [-0.2, 0) is 0 Å². The van der Waals surface area contributed by atoms with Crippen molar-refractivity contribution in [1.29, 1.82) is 0 Å². The third-order valence-corrected chi connectivity index (χ3v) is 3.22. The lowest BCUT2D eigenvalue weighted by molar-refractivity contribution is 0.986. The van der Waals surface area contributed by atoms with Gasteiger partial charge in [0.05, 0.1) is 5.69 Å². The number of hydrogen-bond donors (Lipinski definition) is 1. The fraction of sp³-hybridized carbons (Fsp3) is 0.231. The number of aryl methyl sites for hydroxylation is 1. The van der Waals surface area contributed by atoms with Crippen LogP contribution >= 0.6 is 12.2 Å². The number of H-pyrrole nitrogens is 1. The second-order valence-corrected chi connectivity index (χ2v) is 4.43. The van der Waals surface area contributed by atoms with Crippen LogP contribution in [-0.4, -0.2) is 10.2 Å². The lowest BCUT2D eigenvalue weighted by atomic mass is 10.0. The third kappa shape index (κ3) is 1.91. The van der Waals surface area contributed by atoms with Gasteiger partial charge >= 0.3 is 0 Å². The average Bonchev–Trinajstić information content (AvgIpc) is 2.26. The van der Waals surface area contributed by atoms with Gasteiger partial charge in [0, 0.05) is 5.56 Å². The van der Waals surface area contributed by atoms with E-state index < -0.39 is 0 Å². The van der Waals surface area contributed by atoms with Gasteiger partial charge in [0.1, 0.15) is 4.64 Å². The van der Waals surface area contributed by atoms with Crippen molar-refractivity contribution in [3.8, 4) is 11.3 Å². The molecule has 0 aliphatic carbocycles. The first-order chi connectivity index (χ1) is 7.59. The minimum atomic E-state index is 0.717. The van der Waals surface area contributed by atoms with Gasteiger partial charge in [0.15, 0.2) is 0 Å². The molecular formula is C13H14N2S. The highest BCUT2D eigenvalue weighted by Crippen LogP contribution is 2.23. The minimum absolute atomic E-state index is 0.717. The predicted octanol–water partition coefficient (Wildman–Crippen LogP) is 3.73. The van der Waals surface area contributed by atoms with Crippen LogP contribution in [0.2, 0.25) is 0 Å². The van der Waals surface area contributed by atoms with Crippen molar-refractivity contribution in [2.45, 2.75) is 20.8 Å². The van der Waals surface area contributed by atoms with Gasteiger partial charge in [-0.3, -0.25) is 5.10 Å². The molecule has 0 saturated carbocycles. The van der Waals surface area contributed by atoms with Crippen LogP contribution in [0.4, 0.5) is 0 Å². The van der Waals surface area contributed by atoms with E-state index in [1.807, 2.05) is 13.0 Å². The maximum Gasteiger partial charge on any atom is 0.122 e. The van der Waals surface area contributed by atoms with Crippen LogP contribution in [0.3, 0.4) is 0 Å². The Morgan fingerprint density at radius 1 is 1.12 bits per heavy atom. The van der Waals surface area contributed by atoms with Crippen molar-refractivity contribution in [2.24, 2.45) is 0 Å². The van der Waals surface area contributed by atoms with Crippen LogP contribution in [0.15, 0.2) is 24.3 Å². The zero-order valence-electron chi connectivity index (χ0n) is 9.66. The lowest BCUT2D eigenvalue weighted by Gasteiger charge is -2.08. The minimum Gasteiger partial charge on any atom is -0.267 e. The van der Waals surface area contributed by atoms with Crippen molar-refractivity contribution in [1.82, 2.24) is 10.2 Å². The van der Waals surface area contributed by atoms with Gasteiger partial charge in [-0.25, -0.2) is 0 Å². The van der Waals surface area contributed by atoms with Crippen LogP contribution in [0.1, 0.15) is 16.7 Å². The first-order valence-corrected chi connectivity index (χ1v) is 5.63. The number of aromatic nitrogens is 2. The molecule has 0 spiro atoms. The van der Waals surface area contributed by atoms with Crippen LogP contribution in [0, 0.1) is 25.4 Å². The molecule has 2 nitrogen and oxygen atoms in total. The van der Waals surface area contributed by atoms with Crippen molar-refractivity contribution >= 4 is 12.2 Å². The Labute approximate surface area is 100 Å². The van der Waals surface area contributed by atoms with Gasteiger partial charge in [-0.2, -0.15) is 5.10 Å². The molecule has 1 N–H and O–H groups in total. The Kier molecular flexibility index (Phi) is 2.88. The molecule has 82 valence electrons. The average molecular weight is 230 g/mol. The van der Waals surface area contributed by atoms with E-state index in [4.69, 9.17) is 12.2 Å². The molecule has 0 unspecified atom stereocenters. The third-order valence-electron chi connectivity index (χ3n) is 2.82. The zero-order chi connectivity index (χ0) is 11.7. The fourth-order valence-corrected chi connectivity index (χ4v) is 1.89. The first kappa shape index (κ1) is 11.0. The molecule has 3 heteroatoms. The van der Waals surface area contributed by atoms with Crippen LogP contribution in [0.25, 0.3) is 11.3 Å². The van der Waals surface area contributed by atoms with Crippen LogP contribution < -0.4 is 0 Å². The SMILES string of the molecule is Cc1cccc(-c2n[nH]c(=S)c(C)c2C)c1. The maximum atomic E-state index is 5.16. The summed E-state index contributed by atoms with van der Waals surface area (Å²) in [6.45, 7) is 6.16. The summed E-state index contributed by atoms with van der Waals surface area (Å²) in [7, 11) is 0. The van der Waals surface area contributed by atoms with Gasteiger partial charge in [-0.05, 0) is 38.0 Å². The topological polar surface area (TPSA) is 28.7 Å². The van der Waals surface area contributed by atoms with Crippen molar-refractivity contribution in [2.75, 3.05) is 0 Å². The van der Waals surface area contributed by atoms with Crippen LogP contribution in [0.5, 0.6) is 0 Å². The quantitative estimate of drug-likeness (QED) is 0.756. The van der Waals surface area contributed by atoms with E-state index in [-0.39, 0.29) is 0 Å². The van der Waals surface area contributed by atoms with E-state index in [0.717, 1.165) is 22.4 Å². The molecule has 16 heavy (non-hydrogen) atoms. The number of nitrogens with one attached hydrogen (secondary N) is 1. The molecule has 0 radical (unpaired) electrons.